The zero-order valence-electron chi connectivity index (χ0n) is 14.6. The van der Waals surface area contributed by atoms with Crippen molar-refractivity contribution in [3.8, 4) is 28.3 Å². The van der Waals surface area contributed by atoms with Gasteiger partial charge in [-0.1, -0.05) is 18.2 Å². The summed E-state index contributed by atoms with van der Waals surface area (Å²) in [6, 6.07) is 15.4. The lowest BCUT2D eigenvalue weighted by atomic mass is 9.99. The van der Waals surface area contributed by atoms with E-state index in [2.05, 4.69) is 4.98 Å². The number of hydrogen-bond donors (Lipinski definition) is 2. The van der Waals surface area contributed by atoms with Gasteiger partial charge in [-0.2, -0.15) is 13.2 Å². The number of halogens is 4. The lowest BCUT2D eigenvalue weighted by Crippen LogP contribution is -2.05. The van der Waals surface area contributed by atoms with Gasteiger partial charge in [0.05, 0.1) is 17.0 Å². The van der Waals surface area contributed by atoms with Gasteiger partial charge in [-0.25, -0.2) is 4.98 Å². The van der Waals surface area contributed by atoms with Crippen LogP contribution in [0.5, 0.6) is 5.75 Å². The number of alkyl halides is 3. The number of pyridine rings is 1. The zero-order chi connectivity index (χ0) is 19.2. The summed E-state index contributed by atoms with van der Waals surface area (Å²) in [4.78, 5) is 4.66. The topological polar surface area (TPSA) is 59.1 Å². The van der Waals surface area contributed by atoms with Crippen LogP contribution in [0.2, 0.25) is 0 Å². The summed E-state index contributed by atoms with van der Waals surface area (Å²) < 4.78 is 39.1. The van der Waals surface area contributed by atoms with E-state index in [1.54, 1.807) is 36.4 Å². The minimum Gasteiger partial charge on any atom is -0.508 e. The van der Waals surface area contributed by atoms with Gasteiger partial charge in [-0.15, -0.1) is 12.4 Å². The summed E-state index contributed by atoms with van der Waals surface area (Å²) in [6.07, 6.45) is -3.55. The van der Waals surface area contributed by atoms with Crippen LogP contribution in [0.1, 0.15) is 23.5 Å². The van der Waals surface area contributed by atoms with Crippen LogP contribution in [-0.4, -0.2) is 16.1 Å². The largest absolute Gasteiger partial charge is 0.508 e. The van der Waals surface area contributed by atoms with Gasteiger partial charge >= 0.3 is 6.18 Å². The van der Waals surface area contributed by atoms with Crippen molar-refractivity contribution in [2.75, 3.05) is 0 Å². The van der Waals surface area contributed by atoms with Gasteiger partial charge in [0.1, 0.15) is 5.75 Å². The van der Waals surface area contributed by atoms with Crippen molar-refractivity contribution in [2.45, 2.75) is 24.6 Å². The fourth-order valence-corrected chi connectivity index (χ4v) is 3.21. The lowest BCUT2D eigenvalue weighted by Gasteiger charge is -2.13. The number of phenols is 1. The molecule has 0 saturated heterocycles. The monoisotopic (exact) mass is 406 g/mol. The van der Waals surface area contributed by atoms with Crippen LogP contribution in [0.15, 0.2) is 60.7 Å². The average molecular weight is 407 g/mol. The highest BCUT2D eigenvalue weighted by atomic mass is 35.5. The van der Waals surface area contributed by atoms with Gasteiger partial charge in [0.2, 0.25) is 0 Å². The molecule has 1 heterocycles. The molecular formula is C21H18ClF3N2O. The quantitative estimate of drug-likeness (QED) is 0.614. The molecular weight excluding hydrogens is 389 g/mol. The molecule has 3 N–H and O–H groups in total. The molecule has 0 unspecified atom stereocenters. The fraction of sp³-hybridized carbons (Fsp3) is 0.190. The highest BCUT2D eigenvalue weighted by Crippen LogP contribution is 2.44. The van der Waals surface area contributed by atoms with Crippen LogP contribution >= 0.6 is 12.4 Å². The molecule has 0 spiro atoms. The van der Waals surface area contributed by atoms with Gasteiger partial charge in [0.15, 0.2) is 0 Å². The van der Waals surface area contributed by atoms with E-state index in [9.17, 15) is 18.3 Å². The Morgan fingerprint density at radius 1 is 0.964 bits per heavy atom. The van der Waals surface area contributed by atoms with Crippen molar-refractivity contribution in [2.24, 2.45) is 5.73 Å². The second-order valence-corrected chi connectivity index (χ2v) is 6.77. The van der Waals surface area contributed by atoms with Crippen molar-refractivity contribution < 1.29 is 18.3 Å². The standard InChI is InChI=1S/C21H17F3N2O.ClH/c22-21(23,24)14-3-1-2-13(10-14)19-9-8-16(17-11-18(17)25)20(26-19)12-4-6-15(27)7-5-12;/h1-10,17-18,27H,11,25H2;1H/t17-,18+;/m1./s1. The second kappa shape index (κ2) is 7.45. The van der Waals surface area contributed by atoms with E-state index in [1.165, 1.54) is 6.07 Å². The predicted molar refractivity (Wildman–Crippen MR) is 104 cm³/mol. The number of hydrogen-bond acceptors (Lipinski definition) is 3. The number of phenolic OH excluding ortho intramolecular Hbond substituents is 1. The maximum absolute atomic E-state index is 13.0. The summed E-state index contributed by atoms with van der Waals surface area (Å²) >= 11 is 0. The average Bonchev–Trinajstić information content (AvgIpc) is 3.38. The first-order chi connectivity index (χ1) is 12.8. The van der Waals surface area contributed by atoms with Crippen molar-refractivity contribution >= 4 is 12.4 Å². The molecule has 0 amide bonds. The maximum Gasteiger partial charge on any atom is 0.416 e. The first-order valence-corrected chi connectivity index (χ1v) is 8.56. The molecule has 28 heavy (non-hydrogen) atoms. The number of rotatable bonds is 3. The first kappa shape index (κ1) is 20.2. The third kappa shape index (κ3) is 3.98. The molecule has 2 atom stereocenters. The van der Waals surface area contributed by atoms with Crippen LogP contribution in [-0.2, 0) is 6.18 Å². The molecule has 4 rings (SSSR count). The Hall–Kier alpha value is -2.57. The third-order valence-corrected chi connectivity index (χ3v) is 4.79. The molecule has 0 aliphatic heterocycles. The Balaban J connectivity index is 0.00000225. The molecule has 1 aromatic heterocycles. The molecule has 146 valence electrons. The molecule has 0 radical (unpaired) electrons. The highest BCUT2D eigenvalue weighted by Gasteiger charge is 2.37. The smallest absolute Gasteiger partial charge is 0.416 e. The summed E-state index contributed by atoms with van der Waals surface area (Å²) in [5, 5.41) is 9.53. The number of aromatic nitrogens is 1. The SMILES string of the molecule is Cl.N[C@H]1C[C@@H]1c1ccc(-c2cccc(C(F)(F)F)c2)nc1-c1ccc(O)cc1. The maximum atomic E-state index is 13.0. The minimum atomic E-state index is -4.41. The molecule has 7 heteroatoms. The zero-order valence-corrected chi connectivity index (χ0v) is 15.5. The molecule has 1 aliphatic rings. The number of benzene rings is 2. The first-order valence-electron chi connectivity index (χ1n) is 8.56. The van der Waals surface area contributed by atoms with E-state index in [0.717, 1.165) is 29.7 Å². The van der Waals surface area contributed by atoms with Crippen LogP contribution in [0, 0.1) is 0 Å². The van der Waals surface area contributed by atoms with Crippen LogP contribution < -0.4 is 5.73 Å². The normalized spacial score (nSPS) is 18.4. The lowest BCUT2D eigenvalue weighted by molar-refractivity contribution is -0.137. The summed E-state index contributed by atoms with van der Waals surface area (Å²) in [6.45, 7) is 0. The van der Waals surface area contributed by atoms with E-state index in [4.69, 9.17) is 5.73 Å². The van der Waals surface area contributed by atoms with Gasteiger partial charge in [0.25, 0.3) is 0 Å². The van der Waals surface area contributed by atoms with Gasteiger partial charge < -0.3 is 10.8 Å². The highest BCUT2D eigenvalue weighted by molar-refractivity contribution is 5.85. The molecule has 1 fully saturated rings. The molecule has 3 nitrogen and oxygen atoms in total. The van der Waals surface area contributed by atoms with Crippen LogP contribution in [0.4, 0.5) is 13.2 Å². The summed E-state index contributed by atoms with van der Waals surface area (Å²) in [7, 11) is 0. The van der Waals surface area contributed by atoms with E-state index in [0.29, 0.717) is 17.0 Å². The van der Waals surface area contributed by atoms with Crippen LogP contribution in [0.3, 0.4) is 0 Å². The van der Waals surface area contributed by atoms with Gasteiger partial charge in [0, 0.05) is 23.1 Å². The van der Waals surface area contributed by atoms with Crippen molar-refractivity contribution in [1.82, 2.24) is 4.98 Å². The third-order valence-electron chi connectivity index (χ3n) is 4.79. The van der Waals surface area contributed by atoms with Gasteiger partial charge in [-0.05, 0) is 54.4 Å². The fourth-order valence-electron chi connectivity index (χ4n) is 3.21. The minimum absolute atomic E-state index is 0. The Labute approximate surface area is 166 Å². The van der Waals surface area contributed by atoms with E-state index < -0.39 is 11.7 Å². The van der Waals surface area contributed by atoms with Crippen molar-refractivity contribution in [1.29, 1.82) is 0 Å². The van der Waals surface area contributed by atoms with E-state index in [1.807, 2.05) is 6.07 Å². The number of nitrogens with two attached hydrogens (primary N) is 1. The summed E-state index contributed by atoms with van der Waals surface area (Å²) in [5.74, 6) is 0.328. The Bertz CT molecular complexity index is 990. The Morgan fingerprint density at radius 2 is 1.64 bits per heavy atom. The Kier molecular flexibility index (Phi) is 5.37. The molecule has 1 saturated carbocycles. The Morgan fingerprint density at radius 3 is 2.25 bits per heavy atom. The van der Waals surface area contributed by atoms with E-state index in [-0.39, 0.29) is 30.1 Å². The summed E-state index contributed by atoms with van der Waals surface area (Å²) in [5.41, 5.74) is 8.59. The molecule has 2 aromatic carbocycles. The second-order valence-electron chi connectivity index (χ2n) is 6.77. The number of aromatic hydroxyl groups is 1. The van der Waals surface area contributed by atoms with Gasteiger partial charge in [-0.3, -0.25) is 0 Å². The number of nitrogens with zero attached hydrogens (tertiary/aromatic N) is 1. The van der Waals surface area contributed by atoms with Crippen LogP contribution in [0.25, 0.3) is 22.5 Å². The molecule has 3 aromatic rings. The molecule has 1 aliphatic carbocycles. The van der Waals surface area contributed by atoms with E-state index >= 15 is 0 Å². The molecule has 0 bridgehead atoms. The van der Waals surface area contributed by atoms with Crippen molar-refractivity contribution in [3.05, 3.63) is 71.8 Å². The van der Waals surface area contributed by atoms with Crippen molar-refractivity contribution in [3.63, 3.8) is 0 Å². The predicted octanol–water partition coefficient (Wildman–Crippen LogP) is 5.38.